The lowest BCUT2D eigenvalue weighted by Crippen LogP contribution is -2.36. The van der Waals surface area contributed by atoms with E-state index in [1.54, 1.807) is 29.4 Å². The zero-order valence-corrected chi connectivity index (χ0v) is 19.4. The number of nitrogens with zero attached hydrogens (tertiary/aromatic N) is 3. The Hall–Kier alpha value is -3.96. The molecule has 0 spiro atoms. The summed E-state index contributed by atoms with van der Waals surface area (Å²) < 4.78 is 5.46. The maximum atomic E-state index is 12.5. The Morgan fingerprint density at radius 3 is 2.85 bits per heavy atom. The smallest absolute Gasteiger partial charge is 0.410 e. The number of benzene rings is 1. The minimum Gasteiger partial charge on any atom is -0.449 e. The van der Waals surface area contributed by atoms with E-state index in [9.17, 15) is 14.9 Å². The molecule has 1 aromatic carbocycles. The number of aryl methyl sites for hydroxylation is 1. The van der Waals surface area contributed by atoms with E-state index in [0.717, 1.165) is 28.8 Å². The van der Waals surface area contributed by atoms with Crippen molar-refractivity contribution in [2.75, 3.05) is 18.5 Å². The third-order valence-corrected chi connectivity index (χ3v) is 6.59. The van der Waals surface area contributed by atoms with E-state index in [2.05, 4.69) is 28.5 Å². The first-order valence-electron chi connectivity index (χ1n) is 11.0. The van der Waals surface area contributed by atoms with Gasteiger partial charge in [-0.25, -0.2) is 4.79 Å². The van der Waals surface area contributed by atoms with Crippen molar-refractivity contribution < 1.29 is 14.3 Å². The van der Waals surface area contributed by atoms with Crippen molar-refractivity contribution in [2.45, 2.75) is 25.8 Å². The quantitative estimate of drug-likeness (QED) is 0.394. The molecule has 0 saturated carbocycles. The zero-order valence-electron chi connectivity index (χ0n) is 18.6. The second kappa shape index (κ2) is 11.3. The number of pyridine rings is 1. The molecule has 1 aliphatic heterocycles. The number of carbonyl (C=O) groups is 2. The molecular formula is C26H24N4O3S. The van der Waals surface area contributed by atoms with Crippen molar-refractivity contribution in [2.24, 2.45) is 0 Å². The highest BCUT2D eigenvalue weighted by molar-refractivity contribution is 7.16. The van der Waals surface area contributed by atoms with Crippen molar-refractivity contribution in [1.29, 1.82) is 5.26 Å². The number of anilines is 1. The largest absolute Gasteiger partial charge is 0.449 e. The Labute approximate surface area is 202 Å². The predicted molar refractivity (Wildman–Crippen MR) is 131 cm³/mol. The molecule has 0 fully saturated rings. The standard InChI is InChI=1S/C26H24N4O3S/c27-16-22-21-12-14-30(26(32)33-15-5-9-19-6-2-1-3-7-19)18-23(21)34-25(22)29-24(31)11-10-20-8-4-13-28-17-20/h1-4,6-8,10-11,13,17H,5,9,12,14-15,18H2,(H,29,31)/b11-10+. The van der Waals surface area contributed by atoms with E-state index in [0.29, 0.717) is 36.7 Å². The molecule has 0 unspecified atom stereocenters. The summed E-state index contributed by atoms with van der Waals surface area (Å²) in [5, 5.41) is 13.0. The Bertz CT molecular complexity index is 1220. The predicted octanol–water partition coefficient (Wildman–Crippen LogP) is 4.79. The average molecular weight is 473 g/mol. The van der Waals surface area contributed by atoms with Crippen molar-refractivity contribution >= 4 is 34.4 Å². The number of aromatic nitrogens is 1. The van der Waals surface area contributed by atoms with Crippen LogP contribution < -0.4 is 5.32 Å². The molecule has 0 aliphatic carbocycles. The van der Waals surface area contributed by atoms with Gasteiger partial charge < -0.3 is 15.0 Å². The molecule has 2 amide bonds. The highest BCUT2D eigenvalue weighted by atomic mass is 32.1. The van der Waals surface area contributed by atoms with Crippen LogP contribution in [0, 0.1) is 11.3 Å². The second-order valence-corrected chi connectivity index (χ2v) is 8.91. The van der Waals surface area contributed by atoms with E-state index in [1.165, 1.54) is 23.0 Å². The van der Waals surface area contributed by atoms with Gasteiger partial charge >= 0.3 is 6.09 Å². The number of carbonyl (C=O) groups excluding carboxylic acids is 2. The van der Waals surface area contributed by atoms with E-state index < -0.39 is 0 Å². The number of nitriles is 1. The Morgan fingerprint density at radius 2 is 2.09 bits per heavy atom. The first-order chi connectivity index (χ1) is 16.6. The minimum absolute atomic E-state index is 0.325. The highest BCUT2D eigenvalue weighted by Crippen LogP contribution is 2.36. The van der Waals surface area contributed by atoms with Gasteiger partial charge in [-0.15, -0.1) is 11.3 Å². The van der Waals surface area contributed by atoms with Crippen LogP contribution in [-0.4, -0.2) is 35.0 Å². The van der Waals surface area contributed by atoms with E-state index in [4.69, 9.17) is 4.74 Å². The Morgan fingerprint density at radius 1 is 1.24 bits per heavy atom. The molecule has 4 rings (SSSR count). The normalized spacial score (nSPS) is 12.7. The summed E-state index contributed by atoms with van der Waals surface area (Å²) in [5.41, 5.74) is 3.39. The lowest BCUT2D eigenvalue weighted by atomic mass is 10.0. The summed E-state index contributed by atoms with van der Waals surface area (Å²) in [6.45, 7) is 1.20. The summed E-state index contributed by atoms with van der Waals surface area (Å²) >= 11 is 1.33. The number of thiophene rings is 1. The third kappa shape index (κ3) is 5.88. The summed E-state index contributed by atoms with van der Waals surface area (Å²) in [4.78, 5) is 31.5. The van der Waals surface area contributed by atoms with Crippen LogP contribution in [0.5, 0.6) is 0 Å². The van der Waals surface area contributed by atoms with Crippen LogP contribution in [0.15, 0.2) is 60.9 Å². The maximum Gasteiger partial charge on any atom is 0.410 e. The van der Waals surface area contributed by atoms with E-state index in [1.807, 2.05) is 24.3 Å². The summed E-state index contributed by atoms with van der Waals surface area (Å²) in [6.07, 6.45) is 8.21. The number of nitrogens with one attached hydrogen (secondary N) is 1. The van der Waals surface area contributed by atoms with Crippen molar-refractivity contribution in [3.8, 4) is 6.07 Å². The van der Waals surface area contributed by atoms with Crippen LogP contribution in [0.1, 0.15) is 33.6 Å². The number of fused-ring (bicyclic) bond motifs is 1. The fourth-order valence-corrected chi connectivity index (χ4v) is 4.95. The SMILES string of the molecule is N#Cc1c(NC(=O)/C=C/c2cccnc2)sc2c1CCN(C(=O)OCCCc1ccccc1)C2. The molecule has 8 heteroatoms. The fourth-order valence-electron chi connectivity index (χ4n) is 3.74. The lowest BCUT2D eigenvalue weighted by Gasteiger charge is -2.26. The van der Waals surface area contributed by atoms with Crippen LogP contribution in [0.4, 0.5) is 9.80 Å². The molecule has 1 aliphatic rings. The molecule has 0 saturated heterocycles. The van der Waals surface area contributed by atoms with Gasteiger partial charge in [0.1, 0.15) is 11.1 Å². The summed E-state index contributed by atoms with van der Waals surface area (Å²) in [7, 11) is 0. The van der Waals surface area contributed by atoms with Gasteiger partial charge in [0.25, 0.3) is 0 Å². The van der Waals surface area contributed by atoms with Crippen molar-refractivity contribution in [3.05, 3.63) is 88.1 Å². The summed E-state index contributed by atoms with van der Waals surface area (Å²) in [5.74, 6) is -0.325. The molecule has 34 heavy (non-hydrogen) atoms. The zero-order chi connectivity index (χ0) is 23.8. The first kappa shape index (κ1) is 23.2. The number of rotatable bonds is 7. The van der Waals surface area contributed by atoms with Crippen LogP contribution in [0.3, 0.4) is 0 Å². The van der Waals surface area contributed by atoms with Gasteiger partial charge in [0, 0.05) is 29.9 Å². The molecule has 0 atom stereocenters. The Kier molecular flexibility index (Phi) is 7.68. The topological polar surface area (TPSA) is 95.3 Å². The van der Waals surface area contributed by atoms with Crippen LogP contribution in [0.2, 0.25) is 0 Å². The van der Waals surface area contributed by atoms with Gasteiger partial charge in [-0.05, 0) is 48.1 Å². The summed E-state index contributed by atoms with van der Waals surface area (Å²) in [6, 6.07) is 15.9. The molecule has 3 aromatic rings. The average Bonchev–Trinajstić information content (AvgIpc) is 3.22. The van der Waals surface area contributed by atoms with Crippen molar-refractivity contribution in [1.82, 2.24) is 9.88 Å². The number of hydrogen-bond donors (Lipinski definition) is 1. The number of hydrogen-bond acceptors (Lipinski definition) is 6. The molecule has 0 radical (unpaired) electrons. The lowest BCUT2D eigenvalue weighted by molar-refractivity contribution is -0.111. The molecular weight excluding hydrogens is 448 g/mol. The minimum atomic E-state index is -0.351. The Balaban J connectivity index is 1.32. The molecule has 3 heterocycles. The van der Waals surface area contributed by atoms with Gasteiger partial charge in [0.05, 0.1) is 18.7 Å². The van der Waals surface area contributed by atoms with Gasteiger partial charge in [0.15, 0.2) is 0 Å². The second-order valence-electron chi connectivity index (χ2n) is 7.80. The van der Waals surface area contributed by atoms with Gasteiger partial charge in [-0.1, -0.05) is 36.4 Å². The van der Waals surface area contributed by atoms with Crippen LogP contribution in [-0.2, 0) is 28.9 Å². The van der Waals surface area contributed by atoms with Crippen LogP contribution in [0.25, 0.3) is 6.08 Å². The number of amides is 2. The van der Waals surface area contributed by atoms with Gasteiger partial charge in [-0.2, -0.15) is 5.26 Å². The molecule has 2 aromatic heterocycles. The first-order valence-corrected chi connectivity index (χ1v) is 11.8. The third-order valence-electron chi connectivity index (χ3n) is 5.45. The van der Waals surface area contributed by atoms with Crippen molar-refractivity contribution in [3.63, 3.8) is 0 Å². The van der Waals surface area contributed by atoms with E-state index in [-0.39, 0.29) is 12.0 Å². The fraction of sp³-hybridized carbons (Fsp3) is 0.231. The maximum absolute atomic E-state index is 12.5. The molecule has 1 N–H and O–H groups in total. The van der Waals surface area contributed by atoms with E-state index >= 15 is 0 Å². The van der Waals surface area contributed by atoms with Crippen LogP contribution >= 0.6 is 11.3 Å². The van der Waals surface area contributed by atoms with Gasteiger partial charge in [0.2, 0.25) is 5.91 Å². The molecule has 0 bridgehead atoms. The van der Waals surface area contributed by atoms with Gasteiger partial charge in [-0.3, -0.25) is 9.78 Å². The molecule has 172 valence electrons. The number of ether oxygens (including phenoxy) is 1. The highest BCUT2D eigenvalue weighted by Gasteiger charge is 2.28. The monoisotopic (exact) mass is 472 g/mol. The molecule has 7 nitrogen and oxygen atoms in total.